The van der Waals surface area contributed by atoms with Crippen LogP contribution in [0.3, 0.4) is 0 Å². The lowest BCUT2D eigenvalue weighted by molar-refractivity contribution is -0.857. The molecule has 0 spiro atoms. The summed E-state index contributed by atoms with van der Waals surface area (Å²) in [7, 11) is 0. The Morgan fingerprint density at radius 1 is 0.328 bits per heavy atom. The standard InChI is InChI=1S/C24BF20.C13H10NO2/c26-5-1(6(27)14(35)21(42)13(5)34)25(2-7(28)15(36)22(43)16(37)8(2)29,3-9(30)17(38)23(44)18(39)10(3)31)4-11(32)19(40)24(45)20(41)12(4)33;1-2-6-11(7-3-1)16-14-10-15-13-9-5-4-8-12(13)14/h;1-10H/q-1;+1. The van der Waals surface area contributed by atoms with Crippen LogP contribution in [0.1, 0.15) is 0 Å². The third kappa shape index (κ3) is 6.63. The van der Waals surface area contributed by atoms with Crippen molar-refractivity contribution in [1.82, 2.24) is 0 Å². The fourth-order valence-electron chi connectivity index (χ4n) is 6.44. The van der Waals surface area contributed by atoms with Crippen molar-refractivity contribution in [2.45, 2.75) is 0 Å². The summed E-state index contributed by atoms with van der Waals surface area (Å²) in [6, 6.07) is 17.3. The van der Waals surface area contributed by atoms with Gasteiger partial charge in [0.1, 0.15) is 52.7 Å². The molecule has 0 fully saturated rings. The molecule has 0 saturated carbocycles. The van der Waals surface area contributed by atoms with Gasteiger partial charge >= 0.3 is 11.9 Å². The van der Waals surface area contributed by atoms with E-state index >= 15 is 35.1 Å². The third-order valence-corrected chi connectivity index (χ3v) is 9.03. The number of benzene rings is 6. The topological polar surface area (TPSA) is 26.2 Å². The van der Waals surface area contributed by atoms with Crippen molar-refractivity contribution in [3.05, 3.63) is 177 Å². The highest BCUT2D eigenvalue weighted by molar-refractivity contribution is 7.20. The number of rotatable bonds is 6. The monoisotopic (exact) mass is 891 g/mol. The molecule has 0 aliphatic heterocycles. The van der Waals surface area contributed by atoms with E-state index in [1.807, 2.05) is 54.6 Å². The Morgan fingerprint density at radius 3 is 0.902 bits per heavy atom. The van der Waals surface area contributed by atoms with E-state index in [0.29, 0.717) is 0 Å². The van der Waals surface area contributed by atoms with Gasteiger partial charge in [0.2, 0.25) is 11.3 Å². The van der Waals surface area contributed by atoms with Crippen LogP contribution < -0.4 is 31.4 Å². The lowest BCUT2D eigenvalue weighted by Gasteiger charge is -2.44. The molecule has 0 unspecified atom stereocenters. The second kappa shape index (κ2) is 16.0. The summed E-state index contributed by atoms with van der Waals surface area (Å²) in [4.78, 5) is 5.65. The van der Waals surface area contributed by atoms with Crippen molar-refractivity contribution < 1.29 is 102 Å². The van der Waals surface area contributed by atoms with Crippen molar-refractivity contribution in [2.24, 2.45) is 0 Å². The Balaban J connectivity index is 0.000000321. The van der Waals surface area contributed by atoms with Crippen LogP contribution in [-0.2, 0) is 0 Å². The number of hydrogen-bond donors (Lipinski definition) is 0. The summed E-state index contributed by atoms with van der Waals surface area (Å²) in [5.74, 6) is -70.6. The maximum absolute atomic E-state index is 15.4. The van der Waals surface area contributed by atoms with Crippen LogP contribution in [0.25, 0.3) is 11.1 Å². The molecule has 7 aromatic rings. The number of halogens is 20. The molecule has 0 bridgehead atoms. The van der Waals surface area contributed by atoms with E-state index in [0.717, 1.165) is 16.8 Å². The molecule has 1 aromatic heterocycles. The highest BCUT2D eigenvalue weighted by Gasteiger charge is 2.52. The van der Waals surface area contributed by atoms with Gasteiger partial charge in [0.25, 0.3) is 0 Å². The largest absolute Gasteiger partial charge is 0.400 e. The molecule has 0 N–H and O–H groups in total. The average molecular weight is 891 g/mol. The van der Waals surface area contributed by atoms with E-state index in [1.54, 1.807) is 11.1 Å². The van der Waals surface area contributed by atoms with Crippen LogP contribution in [0.5, 0.6) is 5.75 Å². The van der Waals surface area contributed by atoms with E-state index < -0.39 is 144 Å². The molecule has 0 aliphatic rings. The minimum absolute atomic E-state index is 0.777. The van der Waals surface area contributed by atoms with E-state index in [-0.39, 0.29) is 0 Å². The molecule has 3 nitrogen and oxygen atoms in total. The van der Waals surface area contributed by atoms with Gasteiger partial charge in [-0.05, 0) is 18.2 Å². The molecular weight excluding hydrogens is 881 g/mol. The van der Waals surface area contributed by atoms with Crippen LogP contribution >= 0.6 is 0 Å². The second-order valence-corrected chi connectivity index (χ2v) is 12.2. The zero-order valence-corrected chi connectivity index (χ0v) is 28.7. The lowest BCUT2D eigenvalue weighted by Crippen LogP contribution is -2.81. The first-order chi connectivity index (χ1) is 28.6. The van der Waals surface area contributed by atoms with Crippen molar-refractivity contribution in [1.29, 1.82) is 0 Å². The molecule has 0 atom stereocenters. The highest BCUT2D eigenvalue weighted by Crippen LogP contribution is 2.31. The molecule has 0 radical (unpaired) electrons. The van der Waals surface area contributed by atoms with E-state index in [9.17, 15) is 52.7 Å². The molecule has 0 amide bonds. The maximum Gasteiger partial charge on any atom is 0.386 e. The summed E-state index contributed by atoms with van der Waals surface area (Å²) in [6.07, 6.45) is -5.66. The van der Waals surface area contributed by atoms with Crippen LogP contribution in [0.15, 0.2) is 65.4 Å². The first-order valence-electron chi connectivity index (χ1n) is 16.0. The van der Waals surface area contributed by atoms with E-state index in [4.69, 9.17) is 9.25 Å². The summed E-state index contributed by atoms with van der Waals surface area (Å²) >= 11 is 0. The average Bonchev–Trinajstić information content (AvgIpc) is 3.66. The summed E-state index contributed by atoms with van der Waals surface area (Å²) in [6.45, 7) is 0. The van der Waals surface area contributed by atoms with Crippen LogP contribution in [0.2, 0.25) is 0 Å². The van der Waals surface area contributed by atoms with Gasteiger partial charge in [0.15, 0.2) is 69.8 Å². The number of aromatic nitrogens is 1. The minimum atomic E-state index is -7.22. The van der Waals surface area contributed by atoms with E-state index in [2.05, 4.69) is 0 Å². The summed E-state index contributed by atoms with van der Waals surface area (Å²) in [5, 5.41) is 0. The molecule has 24 heteroatoms. The van der Waals surface area contributed by atoms with Crippen LogP contribution in [0, 0.1) is 116 Å². The third-order valence-electron chi connectivity index (χ3n) is 9.03. The summed E-state index contributed by atoms with van der Waals surface area (Å²) < 4.78 is 301. The zero-order valence-electron chi connectivity index (χ0n) is 28.7. The SMILES string of the molecule is Fc1c(F)c(F)c([B-](c2c(F)c(F)c(F)c(F)c2F)(c2c(F)c(F)c(F)c(F)c2F)c2c(F)c(F)c(F)c(F)c2F)c(F)c1F.c1ccc(O[n+]2coc3ccccc32)cc1. The Hall–Kier alpha value is -6.75. The second-order valence-electron chi connectivity index (χ2n) is 12.2. The summed E-state index contributed by atoms with van der Waals surface area (Å²) in [5.41, 5.74) is -12.6. The number of hydrogen-bond acceptors (Lipinski definition) is 2. The predicted molar refractivity (Wildman–Crippen MR) is 168 cm³/mol. The molecule has 1 heterocycles. The van der Waals surface area contributed by atoms with Crippen molar-refractivity contribution in [3.8, 4) is 5.75 Å². The van der Waals surface area contributed by atoms with E-state index in [1.165, 1.54) is 0 Å². The molecule has 7 rings (SSSR count). The van der Waals surface area contributed by atoms with Crippen molar-refractivity contribution >= 4 is 39.1 Å². The Kier molecular flexibility index (Phi) is 11.5. The molecule has 0 aliphatic carbocycles. The molecular formula is C37H10BF20NO2. The van der Waals surface area contributed by atoms with Crippen molar-refractivity contribution in [2.75, 3.05) is 0 Å². The number of fused-ring (bicyclic) bond motifs is 1. The molecule has 318 valence electrons. The van der Waals surface area contributed by atoms with Gasteiger partial charge in [-0.3, -0.25) is 0 Å². The van der Waals surface area contributed by atoms with Gasteiger partial charge in [0.05, 0.1) is 4.73 Å². The van der Waals surface area contributed by atoms with Gasteiger partial charge in [-0.15, -0.1) is 21.9 Å². The van der Waals surface area contributed by atoms with Gasteiger partial charge in [-0.2, -0.15) is 0 Å². The quantitative estimate of drug-likeness (QED) is 0.0552. The zero-order chi connectivity index (χ0) is 45.2. The van der Waals surface area contributed by atoms with Gasteiger partial charge in [0, 0.05) is 6.07 Å². The lowest BCUT2D eigenvalue weighted by atomic mass is 9.12. The number of para-hydroxylation sites is 3. The van der Waals surface area contributed by atoms with Gasteiger partial charge < -0.3 is 4.42 Å². The molecule has 6 aromatic carbocycles. The van der Waals surface area contributed by atoms with Crippen molar-refractivity contribution in [3.63, 3.8) is 0 Å². The number of nitrogens with zero attached hydrogens (tertiary/aromatic N) is 1. The fourth-order valence-corrected chi connectivity index (χ4v) is 6.44. The smallest absolute Gasteiger partial charge is 0.386 e. The highest BCUT2D eigenvalue weighted by atomic mass is 19.2. The Bertz CT molecular complexity index is 2520. The normalized spacial score (nSPS) is 11.6. The van der Waals surface area contributed by atoms with Crippen LogP contribution in [0.4, 0.5) is 87.8 Å². The fraction of sp³-hybridized carbons (Fsp3) is 0. The number of oxazole rings is 1. The predicted octanol–water partition coefficient (Wildman–Crippen LogP) is 8.41. The Labute approximate surface area is 324 Å². The Morgan fingerprint density at radius 2 is 0.590 bits per heavy atom. The maximum atomic E-state index is 15.4. The molecule has 61 heavy (non-hydrogen) atoms. The molecule has 0 saturated heterocycles. The first-order valence-corrected chi connectivity index (χ1v) is 16.0. The van der Waals surface area contributed by atoms with Crippen LogP contribution in [-0.4, -0.2) is 6.15 Å². The van der Waals surface area contributed by atoms with Gasteiger partial charge in [-0.25, -0.2) is 92.6 Å². The van der Waals surface area contributed by atoms with Gasteiger partial charge in [-0.1, -0.05) is 30.3 Å². The minimum Gasteiger partial charge on any atom is -0.400 e. The first kappa shape index (κ1) is 43.8.